The van der Waals surface area contributed by atoms with E-state index in [1.165, 1.54) is 10.2 Å². The molecule has 2 aromatic carbocycles. The van der Waals surface area contributed by atoms with Crippen molar-refractivity contribution in [2.75, 3.05) is 0 Å². The third-order valence-electron chi connectivity index (χ3n) is 4.91. The van der Waals surface area contributed by atoms with E-state index in [1.54, 1.807) is 0 Å². The van der Waals surface area contributed by atoms with E-state index in [2.05, 4.69) is 30.2 Å². The Balaban J connectivity index is 1.75. The average molecular weight is 343 g/mol. The van der Waals surface area contributed by atoms with E-state index in [9.17, 15) is 4.79 Å². The highest BCUT2D eigenvalue weighted by molar-refractivity contribution is 6.09. The Bertz CT molecular complexity index is 1020. The highest BCUT2D eigenvalue weighted by Gasteiger charge is 2.33. The summed E-state index contributed by atoms with van der Waals surface area (Å²) in [5.41, 5.74) is 5.99. The lowest BCUT2D eigenvalue weighted by Gasteiger charge is -2.21. The maximum Gasteiger partial charge on any atom is 0.257 e. The largest absolute Gasteiger partial charge is 0.272 e. The van der Waals surface area contributed by atoms with Crippen LogP contribution in [0, 0.1) is 19.8 Å². The Hall–Kier alpha value is -3.01. The summed E-state index contributed by atoms with van der Waals surface area (Å²) in [5, 5.41) is 4.51. The van der Waals surface area contributed by atoms with Gasteiger partial charge in [0, 0.05) is 11.3 Å². The number of hydrogen-bond donors (Lipinski definition) is 0. The number of hydrogen-bond acceptors (Lipinski definition) is 3. The molecule has 0 bridgehead atoms. The van der Waals surface area contributed by atoms with Gasteiger partial charge in [-0.3, -0.25) is 4.79 Å². The van der Waals surface area contributed by atoms with Gasteiger partial charge in [0.15, 0.2) is 5.82 Å². The van der Waals surface area contributed by atoms with Gasteiger partial charge in [0.1, 0.15) is 0 Å². The molecule has 0 aliphatic carbocycles. The van der Waals surface area contributed by atoms with Crippen molar-refractivity contribution in [3.8, 4) is 11.1 Å². The van der Waals surface area contributed by atoms with Crippen molar-refractivity contribution < 1.29 is 4.79 Å². The van der Waals surface area contributed by atoms with Gasteiger partial charge in [0.2, 0.25) is 0 Å². The maximum absolute atomic E-state index is 13.1. The normalized spacial score (nSPS) is 16.3. The van der Waals surface area contributed by atoms with Crippen molar-refractivity contribution >= 4 is 17.4 Å². The first-order chi connectivity index (χ1) is 12.5. The molecule has 0 spiro atoms. The summed E-state index contributed by atoms with van der Waals surface area (Å²) >= 11 is 0. The molecule has 1 aliphatic rings. The van der Waals surface area contributed by atoms with Crippen LogP contribution in [0.1, 0.15) is 28.5 Å². The second-order valence-electron chi connectivity index (χ2n) is 6.90. The summed E-state index contributed by atoms with van der Waals surface area (Å²) in [6.45, 7) is 5.94. The highest BCUT2D eigenvalue weighted by Crippen LogP contribution is 2.37. The minimum atomic E-state index is -0.271. The van der Waals surface area contributed by atoms with Crippen LogP contribution in [0.4, 0.5) is 5.82 Å². The summed E-state index contributed by atoms with van der Waals surface area (Å²) in [4.78, 5) is 17.9. The first-order valence-corrected chi connectivity index (χ1v) is 8.84. The van der Waals surface area contributed by atoms with Gasteiger partial charge < -0.3 is 0 Å². The van der Waals surface area contributed by atoms with Gasteiger partial charge in [0.25, 0.3) is 5.91 Å². The molecule has 0 radical (unpaired) electrons. The number of carbonyl (C=O) groups excluding carboxylic acids is 1. The van der Waals surface area contributed by atoms with Crippen LogP contribution in [0.25, 0.3) is 11.1 Å². The lowest BCUT2D eigenvalue weighted by Crippen LogP contribution is -2.33. The lowest BCUT2D eigenvalue weighted by atomic mass is 9.92. The number of fused-ring (bicyclic) bond motifs is 1. The van der Waals surface area contributed by atoms with Crippen LogP contribution in [0.3, 0.4) is 0 Å². The van der Waals surface area contributed by atoms with Crippen LogP contribution in [-0.2, 0) is 6.42 Å². The molecule has 1 unspecified atom stereocenters. The molecule has 4 rings (SSSR count). The quantitative estimate of drug-likeness (QED) is 0.687. The first kappa shape index (κ1) is 16.5. The summed E-state index contributed by atoms with van der Waals surface area (Å²) in [7, 11) is 0. The average Bonchev–Trinajstić information content (AvgIpc) is 2.95. The number of rotatable bonds is 3. The van der Waals surface area contributed by atoms with Crippen molar-refractivity contribution in [1.29, 1.82) is 0 Å². The molecule has 2 heterocycles. The van der Waals surface area contributed by atoms with E-state index < -0.39 is 0 Å². The summed E-state index contributed by atoms with van der Waals surface area (Å²) in [6, 6.07) is 18.3. The standard InChI is InChI=1S/C22H21N3O/c1-14-8-7-9-17(12-14)13-19-15(2)23-21-20(18-10-5-4-6-11-18)16(3)24-25(21)22(19)26/h4-12,19H,13H2,1-3H3. The fraction of sp³-hybridized carbons (Fsp3) is 0.227. The van der Waals surface area contributed by atoms with Gasteiger partial charge in [-0.15, -0.1) is 0 Å². The van der Waals surface area contributed by atoms with Crippen LogP contribution in [0.2, 0.25) is 0 Å². The fourth-order valence-corrected chi connectivity index (χ4v) is 3.60. The Labute approximate surface area is 153 Å². The molecule has 1 aliphatic heterocycles. The first-order valence-electron chi connectivity index (χ1n) is 8.84. The van der Waals surface area contributed by atoms with Crippen molar-refractivity contribution in [2.45, 2.75) is 27.2 Å². The Morgan fingerprint density at radius 3 is 2.50 bits per heavy atom. The second-order valence-corrected chi connectivity index (χ2v) is 6.90. The van der Waals surface area contributed by atoms with E-state index in [0.717, 1.165) is 28.1 Å². The number of carbonyl (C=O) groups is 1. The van der Waals surface area contributed by atoms with Gasteiger partial charge in [-0.25, -0.2) is 4.99 Å². The number of aromatic nitrogens is 2. The molecule has 0 amide bonds. The molecule has 1 atom stereocenters. The van der Waals surface area contributed by atoms with Crippen molar-refractivity contribution in [3.05, 3.63) is 71.4 Å². The maximum atomic E-state index is 13.1. The van der Waals surface area contributed by atoms with E-state index in [1.807, 2.05) is 50.2 Å². The molecule has 0 fully saturated rings. The Kier molecular flexibility index (Phi) is 4.03. The van der Waals surface area contributed by atoms with E-state index >= 15 is 0 Å². The van der Waals surface area contributed by atoms with E-state index in [-0.39, 0.29) is 11.8 Å². The third-order valence-corrected chi connectivity index (χ3v) is 4.91. The van der Waals surface area contributed by atoms with E-state index in [4.69, 9.17) is 4.99 Å². The zero-order valence-corrected chi connectivity index (χ0v) is 15.2. The molecule has 130 valence electrons. The van der Waals surface area contributed by atoms with Crippen molar-refractivity contribution in [2.24, 2.45) is 10.9 Å². The molecule has 4 heteroatoms. The summed E-state index contributed by atoms with van der Waals surface area (Å²) < 4.78 is 1.49. The number of nitrogens with zero attached hydrogens (tertiary/aromatic N) is 3. The monoisotopic (exact) mass is 343 g/mol. The number of aliphatic imine (C=N–C) groups is 1. The molecule has 26 heavy (non-hydrogen) atoms. The van der Waals surface area contributed by atoms with Crippen LogP contribution >= 0.6 is 0 Å². The SMILES string of the molecule is CC1=Nc2c(-c3ccccc3)c(C)nn2C(=O)C1Cc1cccc(C)c1. The predicted octanol–water partition coefficient (Wildman–Crippen LogP) is 4.77. The lowest BCUT2D eigenvalue weighted by molar-refractivity contribution is 0.0852. The van der Waals surface area contributed by atoms with Crippen LogP contribution < -0.4 is 0 Å². The van der Waals surface area contributed by atoms with Crippen molar-refractivity contribution in [3.63, 3.8) is 0 Å². The molecular weight excluding hydrogens is 322 g/mol. The smallest absolute Gasteiger partial charge is 0.257 e. The second kappa shape index (κ2) is 6.37. The molecule has 1 aromatic heterocycles. The Morgan fingerprint density at radius 2 is 1.77 bits per heavy atom. The number of aryl methyl sites for hydroxylation is 2. The fourth-order valence-electron chi connectivity index (χ4n) is 3.60. The molecule has 3 aromatic rings. The van der Waals surface area contributed by atoms with Crippen LogP contribution in [-0.4, -0.2) is 21.4 Å². The van der Waals surface area contributed by atoms with Gasteiger partial charge in [-0.05, 0) is 38.3 Å². The van der Waals surface area contributed by atoms with Crippen LogP contribution in [0.5, 0.6) is 0 Å². The molecule has 0 N–H and O–H groups in total. The Morgan fingerprint density at radius 1 is 1.00 bits per heavy atom. The summed E-state index contributed by atoms with van der Waals surface area (Å²) in [6.07, 6.45) is 0.648. The number of benzene rings is 2. The molecule has 0 saturated heterocycles. The minimum Gasteiger partial charge on any atom is -0.272 e. The van der Waals surface area contributed by atoms with Crippen LogP contribution in [0.15, 0.2) is 59.6 Å². The zero-order valence-electron chi connectivity index (χ0n) is 15.2. The minimum absolute atomic E-state index is 0.000660. The predicted molar refractivity (Wildman–Crippen MR) is 104 cm³/mol. The van der Waals surface area contributed by atoms with Gasteiger partial charge in [-0.2, -0.15) is 9.78 Å². The van der Waals surface area contributed by atoms with Crippen molar-refractivity contribution in [1.82, 2.24) is 9.78 Å². The molecule has 0 saturated carbocycles. The van der Waals surface area contributed by atoms with E-state index in [0.29, 0.717) is 12.2 Å². The summed E-state index contributed by atoms with van der Waals surface area (Å²) in [5.74, 6) is 0.378. The van der Waals surface area contributed by atoms with Gasteiger partial charge in [-0.1, -0.05) is 60.2 Å². The van der Waals surface area contributed by atoms with Gasteiger partial charge >= 0.3 is 0 Å². The zero-order chi connectivity index (χ0) is 18.3. The topological polar surface area (TPSA) is 47.2 Å². The highest BCUT2D eigenvalue weighted by atomic mass is 16.2. The third kappa shape index (κ3) is 2.77. The molecular formula is C22H21N3O. The molecule has 4 nitrogen and oxygen atoms in total. The van der Waals surface area contributed by atoms with Gasteiger partial charge in [0.05, 0.1) is 11.6 Å².